The van der Waals surface area contributed by atoms with E-state index in [1.807, 2.05) is 78.9 Å². The van der Waals surface area contributed by atoms with Gasteiger partial charge in [-0.2, -0.15) is 0 Å². The number of benzene rings is 8. The summed E-state index contributed by atoms with van der Waals surface area (Å²) in [5.74, 6) is 2.40. The highest BCUT2D eigenvalue weighted by molar-refractivity contribution is 6.24. The maximum Gasteiger partial charge on any atom is 0.343 e. The molecule has 0 bridgehead atoms. The number of rotatable bonds is 34. The van der Waals surface area contributed by atoms with Crippen LogP contribution in [0.5, 0.6) is 40.2 Å². The topological polar surface area (TPSA) is 177 Å². The van der Waals surface area contributed by atoms with Gasteiger partial charge in [0.15, 0.2) is 0 Å². The van der Waals surface area contributed by atoms with E-state index in [4.69, 9.17) is 52.6 Å². The molecule has 9 aromatic rings. The smallest absolute Gasteiger partial charge is 0.343 e. The number of carbonyl (C=O) groups excluding carboxylic acids is 4. The Morgan fingerprint density at radius 3 is 1.17 bits per heavy atom. The molecule has 87 heavy (non-hydrogen) atoms. The second-order valence-corrected chi connectivity index (χ2v) is 20.9. The van der Waals surface area contributed by atoms with Crippen LogP contribution in [-0.2, 0) is 32.3 Å². The minimum absolute atomic E-state index is 0.245. The van der Waals surface area contributed by atoms with Crippen LogP contribution in [-0.4, -0.2) is 66.9 Å². The summed E-state index contributed by atoms with van der Waals surface area (Å²) >= 11 is 0. The van der Waals surface area contributed by atoms with Crippen LogP contribution in [0.25, 0.3) is 43.6 Å². The normalized spacial score (nSPS) is 11.0. The van der Waals surface area contributed by atoms with Crippen molar-refractivity contribution in [2.75, 3.05) is 33.0 Å². The third-order valence-corrected chi connectivity index (χ3v) is 14.4. The van der Waals surface area contributed by atoms with E-state index >= 15 is 0 Å². The summed E-state index contributed by atoms with van der Waals surface area (Å²) in [5, 5.41) is 3.67. The van der Waals surface area contributed by atoms with Gasteiger partial charge < -0.3 is 42.6 Å². The highest BCUT2D eigenvalue weighted by atomic mass is 16.5. The predicted octanol–water partition coefficient (Wildman–Crippen LogP) is 16.0. The fourth-order valence-corrected chi connectivity index (χ4v) is 9.61. The number of ether oxygens (including phenoxy) is 9. The highest BCUT2D eigenvalue weighted by Gasteiger charge is 2.17. The Morgan fingerprint density at radius 1 is 0.368 bits per heavy atom. The van der Waals surface area contributed by atoms with Crippen LogP contribution in [0, 0.1) is 0 Å². The molecular formula is C72H72N2O13. The van der Waals surface area contributed by atoms with Gasteiger partial charge in [0.2, 0.25) is 0 Å². The molecule has 0 fully saturated rings. The van der Waals surface area contributed by atoms with Gasteiger partial charge >= 0.3 is 23.9 Å². The van der Waals surface area contributed by atoms with Gasteiger partial charge in [0.25, 0.3) is 0 Å². The van der Waals surface area contributed by atoms with Crippen LogP contribution in [0.3, 0.4) is 0 Å². The molecule has 8 aromatic carbocycles. The first-order valence-electron chi connectivity index (χ1n) is 29.8. The number of nitrogens with zero attached hydrogens (tertiary/aromatic N) is 2. The van der Waals surface area contributed by atoms with Crippen molar-refractivity contribution in [2.45, 2.75) is 97.2 Å². The fraction of sp³-hybridized carbons (Fsp3) is 0.278. The minimum atomic E-state index is -0.483. The van der Waals surface area contributed by atoms with Crippen LogP contribution in [0.15, 0.2) is 177 Å². The number of hydrogen-bond donors (Lipinski definition) is 0. The summed E-state index contributed by atoms with van der Waals surface area (Å²) in [6.45, 7) is 12.0. The number of aromatic nitrogens is 2. The molecule has 9 rings (SSSR count). The van der Waals surface area contributed by atoms with E-state index < -0.39 is 23.9 Å². The Labute approximate surface area is 506 Å². The second kappa shape index (κ2) is 31.9. The lowest BCUT2D eigenvalue weighted by Gasteiger charge is -2.14. The van der Waals surface area contributed by atoms with Crippen molar-refractivity contribution < 1.29 is 61.8 Å². The molecule has 0 saturated heterocycles. The molecule has 0 unspecified atom stereocenters. The Hall–Kier alpha value is -9.76. The van der Waals surface area contributed by atoms with Crippen LogP contribution in [0.2, 0.25) is 0 Å². The van der Waals surface area contributed by atoms with Crippen molar-refractivity contribution >= 4 is 67.5 Å². The highest BCUT2D eigenvalue weighted by Crippen LogP contribution is 2.38. The van der Waals surface area contributed by atoms with Crippen LogP contribution >= 0.6 is 0 Å². The third-order valence-electron chi connectivity index (χ3n) is 14.4. The molecule has 1 heterocycles. The Bertz CT molecular complexity index is 3790. The molecule has 0 amide bonds. The van der Waals surface area contributed by atoms with E-state index in [0.717, 1.165) is 127 Å². The first-order chi connectivity index (χ1) is 42.6. The van der Waals surface area contributed by atoms with Gasteiger partial charge in [0.1, 0.15) is 53.5 Å². The summed E-state index contributed by atoms with van der Waals surface area (Å²) in [5.41, 5.74) is 5.35. The summed E-state index contributed by atoms with van der Waals surface area (Å²) in [4.78, 5) is 59.1. The lowest BCUT2D eigenvalue weighted by atomic mass is 9.98. The van der Waals surface area contributed by atoms with Crippen molar-refractivity contribution in [3.8, 4) is 40.2 Å². The Balaban J connectivity index is 0.820. The molecule has 448 valence electrons. The van der Waals surface area contributed by atoms with Crippen molar-refractivity contribution in [2.24, 2.45) is 0 Å². The molecule has 15 nitrogen and oxygen atoms in total. The third kappa shape index (κ3) is 18.1. The zero-order chi connectivity index (χ0) is 60.6. The van der Waals surface area contributed by atoms with E-state index in [0.29, 0.717) is 95.2 Å². The second-order valence-electron chi connectivity index (χ2n) is 20.9. The number of carbonyl (C=O) groups is 4. The van der Waals surface area contributed by atoms with Crippen molar-refractivity contribution in [1.82, 2.24) is 9.97 Å². The zero-order valence-electron chi connectivity index (χ0n) is 49.1. The summed E-state index contributed by atoms with van der Waals surface area (Å²) < 4.78 is 52.0. The standard InChI is InChI=1S/C72H72N2O13/c1-4-7-8-13-42-81-60-36-39-65-66(47-60)74-70-64-46-59(85-49-51-20-24-53(25-21-51)72(78)87-57-32-28-55(29-33-57)80-41-15-10-12-17-44-83-68(76)6-3)35-38-62(64)61-37-34-58(45-63(61)69(70)73-65)84-48-50-18-22-52(23-19-50)71(77)86-56-30-26-54(27-31-56)79-40-14-9-11-16-43-82-67(75)5-2/h5-6,18-39,45-47H,2-4,7-17,40-44,48-49H2,1H3. The monoisotopic (exact) mass is 1170 g/mol. The van der Waals surface area contributed by atoms with Crippen molar-refractivity contribution in [3.05, 3.63) is 199 Å². The molecule has 15 heteroatoms. The lowest BCUT2D eigenvalue weighted by molar-refractivity contribution is -0.138. The zero-order valence-corrected chi connectivity index (χ0v) is 49.1. The van der Waals surface area contributed by atoms with E-state index in [1.165, 1.54) is 6.42 Å². The van der Waals surface area contributed by atoms with Gasteiger partial charge in [-0.05, 0) is 201 Å². The molecule has 1 aromatic heterocycles. The molecule has 0 N–H and O–H groups in total. The SMILES string of the molecule is C=CC(=O)OCCCCCCOc1ccc(OC(=O)c2ccc(COc3ccc4c5ccc(OCc6ccc(C(=O)Oc7ccc(OCCCCCCOC(=O)C=C)cc7)cc6)cc5c5nc6cc(OCCCCCC)ccc6nc5c4c3)cc2)cc1. The van der Waals surface area contributed by atoms with E-state index in [9.17, 15) is 19.2 Å². The van der Waals surface area contributed by atoms with Crippen LogP contribution in [0.1, 0.15) is 116 Å². The molecule has 0 atom stereocenters. The predicted molar refractivity (Wildman–Crippen MR) is 336 cm³/mol. The lowest BCUT2D eigenvalue weighted by Crippen LogP contribution is -2.08. The largest absolute Gasteiger partial charge is 0.494 e. The Kier molecular flexibility index (Phi) is 22.7. The maximum absolute atomic E-state index is 13.1. The quantitative estimate of drug-likeness (QED) is 0.00928. The Morgan fingerprint density at radius 2 is 0.736 bits per heavy atom. The average molecular weight is 1170 g/mol. The van der Waals surface area contributed by atoms with Gasteiger partial charge in [-0.25, -0.2) is 29.1 Å². The molecule has 0 spiro atoms. The summed E-state index contributed by atoms with van der Waals surface area (Å²) in [6, 6.07) is 46.0. The van der Waals surface area contributed by atoms with Crippen LogP contribution < -0.4 is 33.2 Å². The molecule has 0 aliphatic rings. The van der Waals surface area contributed by atoms with Crippen LogP contribution in [0.4, 0.5) is 0 Å². The van der Waals surface area contributed by atoms with Gasteiger partial charge in [-0.15, -0.1) is 0 Å². The van der Waals surface area contributed by atoms with E-state index in [2.05, 4.69) is 20.1 Å². The molecular weight excluding hydrogens is 1100 g/mol. The molecule has 0 radical (unpaired) electrons. The van der Waals surface area contributed by atoms with Crippen molar-refractivity contribution in [1.29, 1.82) is 0 Å². The number of hydrogen-bond acceptors (Lipinski definition) is 15. The van der Waals surface area contributed by atoms with Gasteiger partial charge in [-0.3, -0.25) is 0 Å². The fourth-order valence-electron chi connectivity index (χ4n) is 9.61. The van der Waals surface area contributed by atoms with E-state index in [1.54, 1.807) is 72.8 Å². The molecule has 0 aliphatic carbocycles. The summed E-state index contributed by atoms with van der Waals surface area (Å²) in [6.07, 6.45) is 13.8. The number of unbranched alkanes of at least 4 members (excludes halogenated alkanes) is 9. The average Bonchev–Trinajstić information content (AvgIpc) is 1.28. The van der Waals surface area contributed by atoms with Gasteiger partial charge in [-0.1, -0.05) is 63.6 Å². The summed E-state index contributed by atoms with van der Waals surface area (Å²) in [7, 11) is 0. The molecule has 0 saturated carbocycles. The minimum Gasteiger partial charge on any atom is -0.494 e. The van der Waals surface area contributed by atoms with E-state index in [-0.39, 0.29) is 13.2 Å². The number of esters is 4. The first-order valence-corrected chi connectivity index (χ1v) is 29.8. The van der Waals surface area contributed by atoms with Gasteiger partial charge in [0.05, 0.1) is 66.2 Å². The first kappa shape index (κ1) is 61.8. The van der Waals surface area contributed by atoms with Gasteiger partial charge in [0, 0.05) is 29.0 Å². The molecule has 0 aliphatic heterocycles. The maximum atomic E-state index is 13.1. The number of fused-ring (bicyclic) bond motifs is 7. The van der Waals surface area contributed by atoms with Crippen molar-refractivity contribution in [3.63, 3.8) is 0 Å².